The van der Waals surface area contributed by atoms with Crippen molar-refractivity contribution in [2.24, 2.45) is 0 Å². The Morgan fingerprint density at radius 1 is 1.48 bits per heavy atom. The molecule has 0 spiro atoms. The van der Waals surface area contributed by atoms with Crippen molar-refractivity contribution < 1.29 is 31.5 Å². The average Bonchev–Trinajstić information content (AvgIpc) is 2.36. The lowest BCUT2D eigenvalue weighted by Crippen LogP contribution is -2.17. The van der Waals surface area contributed by atoms with Crippen LogP contribution in [0.1, 0.15) is 35.9 Å². The Balaban J connectivity index is 3.42. The third-order valence-electron chi connectivity index (χ3n) is 2.38. The summed E-state index contributed by atoms with van der Waals surface area (Å²) in [5.74, 6) is -1.00. The van der Waals surface area contributed by atoms with Crippen molar-refractivity contribution in [1.82, 2.24) is 4.98 Å². The van der Waals surface area contributed by atoms with E-state index in [-0.39, 0.29) is 12.7 Å². The molecule has 1 aromatic heterocycles. The number of halogens is 5. The Hall–Kier alpha value is -2.24. The zero-order valence-electron chi connectivity index (χ0n) is 10.7. The molecule has 0 unspecified atom stereocenters. The number of nitrogens with zero attached hydrogens (tertiary/aromatic N) is 2. The van der Waals surface area contributed by atoms with Gasteiger partial charge in [-0.25, -0.2) is 13.8 Å². The molecule has 1 aromatic rings. The maximum absolute atomic E-state index is 12.9. The highest BCUT2D eigenvalue weighted by atomic mass is 19.4. The van der Waals surface area contributed by atoms with Crippen LogP contribution in [0.2, 0.25) is 0 Å². The highest BCUT2D eigenvalue weighted by Gasteiger charge is 2.35. The van der Waals surface area contributed by atoms with Gasteiger partial charge in [-0.05, 0) is 13.0 Å². The summed E-state index contributed by atoms with van der Waals surface area (Å²) in [6, 6.07) is 1.50. The number of pyridine rings is 1. The van der Waals surface area contributed by atoms with Gasteiger partial charge in [-0.15, -0.1) is 0 Å². The van der Waals surface area contributed by atoms with Gasteiger partial charge in [-0.2, -0.15) is 18.4 Å². The van der Waals surface area contributed by atoms with E-state index in [4.69, 9.17) is 5.26 Å². The number of ether oxygens (including phenoxy) is 1. The number of rotatable bonds is 4. The number of hydrogen-bond acceptors (Lipinski definition) is 4. The van der Waals surface area contributed by atoms with Crippen molar-refractivity contribution in [3.63, 3.8) is 0 Å². The fourth-order valence-electron chi connectivity index (χ4n) is 1.57. The molecule has 0 aliphatic rings. The van der Waals surface area contributed by atoms with Crippen LogP contribution < -0.4 is 0 Å². The minimum absolute atomic E-state index is 0.0626. The Labute approximate surface area is 116 Å². The molecule has 1 heterocycles. The van der Waals surface area contributed by atoms with Crippen LogP contribution in [0.4, 0.5) is 22.0 Å². The zero-order valence-corrected chi connectivity index (χ0v) is 10.7. The van der Waals surface area contributed by atoms with Crippen LogP contribution in [0.25, 0.3) is 0 Å². The summed E-state index contributed by atoms with van der Waals surface area (Å²) in [6.45, 7) is 1.39. The number of nitriles is 1. The summed E-state index contributed by atoms with van der Waals surface area (Å²) in [5.41, 5.74) is -4.18. The largest absolute Gasteiger partial charge is 0.466 e. The summed E-state index contributed by atoms with van der Waals surface area (Å²) in [6.07, 6.45) is -9.03. The lowest BCUT2D eigenvalue weighted by Gasteiger charge is -2.13. The van der Waals surface area contributed by atoms with Crippen LogP contribution in [0, 0.1) is 11.3 Å². The van der Waals surface area contributed by atoms with Crippen molar-refractivity contribution in [3.05, 3.63) is 28.6 Å². The maximum Gasteiger partial charge on any atom is 0.433 e. The minimum Gasteiger partial charge on any atom is -0.466 e. The fourth-order valence-corrected chi connectivity index (χ4v) is 1.57. The van der Waals surface area contributed by atoms with Gasteiger partial charge in [0.15, 0.2) is 0 Å². The second-order valence-electron chi connectivity index (χ2n) is 3.81. The molecule has 21 heavy (non-hydrogen) atoms. The van der Waals surface area contributed by atoms with Gasteiger partial charge >= 0.3 is 12.1 Å². The summed E-state index contributed by atoms with van der Waals surface area (Å²) >= 11 is 0. The van der Waals surface area contributed by atoms with E-state index >= 15 is 0 Å². The van der Waals surface area contributed by atoms with Crippen molar-refractivity contribution in [2.75, 3.05) is 6.61 Å². The molecule has 0 aromatic carbocycles. The molecular weight excluding hydrogens is 299 g/mol. The topological polar surface area (TPSA) is 63.0 Å². The Morgan fingerprint density at radius 3 is 2.52 bits per heavy atom. The number of esters is 1. The van der Waals surface area contributed by atoms with Crippen LogP contribution in [-0.2, 0) is 22.1 Å². The second-order valence-corrected chi connectivity index (χ2v) is 3.81. The number of aromatic nitrogens is 1. The van der Waals surface area contributed by atoms with Crippen LogP contribution in [-0.4, -0.2) is 17.6 Å². The van der Waals surface area contributed by atoms with E-state index in [1.54, 1.807) is 0 Å². The Kier molecular flexibility index (Phi) is 5.18. The molecule has 0 saturated heterocycles. The van der Waals surface area contributed by atoms with Gasteiger partial charge in [0.25, 0.3) is 6.43 Å². The number of carbonyl (C=O) groups is 1. The van der Waals surface area contributed by atoms with E-state index in [9.17, 15) is 26.7 Å². The molecule has 0 radical (unpaired) electrons. The first kappa shape index (κ1) is 16.8. The molecule has 0 amide bonds. The summed E-state index contributed by atoms with van der Waals surface area (Å²) < 4.78 is 68.2. The van der Waals surface area contributed by atoms with E-state index < -0.39 is 47.5 Å². The van der Waals surface area contributed by atoms with Crippen molar-refractivity contribution in [3.8, 4) is 6.07 Å². The van der Waals surface area contributed by atoms with Gasteiger partial charge in [0, 0.05) is 0 Å². The molecule has 114 valence electrons. The first-order chi connectivity index (χ1) is 9.70. The van der Waals surface area contributed by atoms with E-state index in [0.29, 0.717) is 0 Å². The molecule has 9 heteroatoms. The number of carbonyl (C=O) groups excluding carboxylic acids is 1. The van der Waals surface area contributed by atoms with Crippen LogP contribution >= 0.6 is 0 Å². The molecule has 0 atom stereocenters. The van der Waals surface area contributed by atoms with Gasteiger partial charge in [-0.3, -0.25) is 4.79 Å². The predicted molar refractivity (Wildman–Crippen MR) is 59.2 cm³/mol. The van der Waals surface area contributed by atoms with E-state index in [1.165, 1.54) is 13.0 Å². The van der Waals surface area contributed by atoms with Gasteiger partial charge in [-0.1, -0.05) is 0 Å². The lowest BCUT2D eigenvalue weighted by atomic mass is 10.0. The average molecular weight is 308 g/mol. The fraction of sp³-hybridized carbons (Fsp3) is 0.417. The molecule has 0 aliphatic carbocycles. The number of hydrogen-bond donors (Lipinski definition) is 0. The normalized spacial score (nSPS) is 11.3. The predicted octanol–water partition coefficient (Wildman–Crippen LogP) is 3.02. The minimum atomic E-state index is -4.92. The first-order valence-electron chi connectivity index (χ1n) is 5.65. The summed E-state index contributed by atoms with van der Waals surface area (Å²) in [4.78, 5) is 14.3. The quantitative estimate of drug-likeness (QED) is 0.633. The highest BCUT2D eigenvalue weighted by Crippen LogP contribution is 2.33. The first-order valence-corrected chi connectivity index (χ1v) is 5.65. The summed E-state index contributed by atoms with van der Waals surface area (Å²) in [7, 11) is 0. The molecule has 0 bridgehead atoms. The SMILES string of the molecule is CCOC(=O)Cc1nc(C(F)(F)F)cc(C#N)c1C(F)F. The number of alkyl halides is 5. The molecule has 0 fully saturated rings. The second kappa shape index (κ2) is 6.47. The molecule has 4 nitrogen and oxygen atoms in total. The molecule has 1 rings (SSSR count). The van der Waals surface area contributed by atoms with Crippen LogP contribution in [0.3, 0.4) is 0 Å². The third-order valence-corrected chi connectivity index (χ3v) is 2.38. The van der Waals surface area contributed by atoms with Crippen molar-refractivity contribution in [1.29, 1.82) is 5.26 Å². The van der Waals surface area contributed by atoms with E-state index in [2.05, 4.69) is 9.72 Å². The molecular formula is C12H9F5N2O2. The van der Waals surface area contributed by atoms with Gasteiger partial charge in [0.05, 0.1) is 35.9 Å². The lowest BCUT2D eigenvalue weighted by molar-refractivity contribution is -0.144. The smallest absolute Gasteiger partial charge is 0.433 e. The monoisotopic (exact) mass is 308 g/mol. The third kappa shape index (κ3) is 4.11. The van der Waals surface area contributed by atoms with E-state index in [1.807, 2.05) is 0 Å². The molecule has 0 aliphatic heterocycles. The Bertz CT molecular complexity index is 578. The molecule has 0 saturated carbocycles. The van der Waals surface area contributed by atoms with Crippen molar-refractivity contribution >= 4 is 5.97 Å². The standard InChI is InChI=1S/C12H9F5N2O2/c1-2-21-9(20)4-7-10(11(13)14)6(5-18)3-8(19-7)12(15,16)17/h3,11H,2,4H2,1H3. The van der Waals surface area contributed by atoms with Crippen LogP contribution in [0.5, 0.6) is 0 Å². The van der Waals surface area contributed by atoms with Crippen molar-refractivity contribution in [2.45, 2.75) is 25.9 Å². The maximum atomic E-state index is 12.9. The van der Waals surface area contributed by atoms with Crippen LogP contribution in [0.15, 0.2) is 6.07 Å². The zero-order chi connectivity index (χ0) is 16.2. The summed E-state index contributed by atoms with van der Waals surface area (Å²) in [5, 5.41) is 8.72. The Morgan fingerprint density at radius 2 is 2.10 bits per heavy atom. The van der Waals surface area contributed by atoms with Gasteiger partial charge < -0.3 is 4.74 Å². The highest BCUT2D eigenvalue weighted by molar-refractivity contribution is 5.72. The van der Waals surface area contributed by atoms with Gasteiger partial charge in [0.1, 0.15) is 5.69 Å². The van der Waals surface area contributed by atoms with E-state index in [0.717, 1.165) is 0 Å². The molecule has 0 N–H and O–H groups in total. The van der Waals surface area contributed by atoms with Gasteiger partial charge in [0.2, 0.25) is 0 Å².